The minimum Gasteiger partial charge on any atom is -0.492 e. The highest BCUT2D eigenvalue weighted by molar-refractivity contribution is 5.91. The number of nitrogens with one attached hydrogen (secondary N) is 1. The van der Waals surface area contributed by atoms with Crippen LogP contribution in [0, 0.1) is 0 Å². The second kappa shape index (κ2) is 8.59. The Kier molecular flexibility index (Phi) is 6.21. The second-order valence-corrected chi connectivity index (χ2v) is 4.99. The van der Waals surface area contributed by atoms with E-state index >= 15 is 0 Å². The normalized spacial score (nSPS) is 11.5. The quantitative estimate of drug-likeness (QED) is 0.592. The lowest BCUT2D eigenvalue weighted by Crippen LogP contribution is -2.32. The summed E-state index contributed by atoms with van der Waals surface area (Å²) in [4.78, 5) is 30.2. The Morgan fingerprint density at radius 2 is 2.00 bits per heavy atom. The number of benzene rings is 1. The van der Waals surface area contributed by atoms with Gasteiger partial charge in [0.2, 0.25) is 0 Å². The zero-order chi connectivity index (χ0) is 17.4. The third-order valence-corrected chi connectivity index (χ3v) is 3.15. The Hall–Kier alpha value is -3.00. The van der Waals surface area contributed by atoms with Crippen LogP contribution in [-0.2, 0) is 11.2 Å². The molecule has 0 aliphatic rings. The number of hydrogen-bond donors (Lipinski definition) is 3. The van der Waals surface area contributed by atoms with Crippen LogP contribution >= 0.6 is 0 Å². The summed E-state index contributed by atoms with van der Waals surface area (Å²) < 4.78 is 5.50. The highest BCUT2D eigenvalue weighted by Crippen LogP contribution is 2.13. The van der Waals surface area contributed by atoms with Gasteiger partial charge in [-0.3, -0.25) is 14.6 Å². The van der Waals surface area contributed by atoms with E-state index in [1.54, 1.807) is 24.3 Å². The summed E-state index contributed by atoms with van der Waals surface area (Å²) in [6.07, 6.45) is 4.58. The van der Waals surface area contributed by atoms with Crippen LogP contribution in [0.1, 0.15) is 16.1 Å². The molecule has 1 heterocycles. The van der Waals surface area contributed by atoms with Crippen molar-refractivity contribution in [3.05, 3.63) is 54.1 Å². The van der Waals surface area contributed by atoms with Crippen molar-refractivity contribution in [2.24, 2.45) is 5.73 Å². The average Bonchev–Trinajstić information content (AvgIpc) is 2.60. The zero-order valence-electron chi connectivity index (χ0n) is 12.9. The molecule has 24 heavy (non-hydrogen) atoms. The van der Waals surface area contributed by atoms with Gasteiger partial charge in [0, 0.05) is 12.4 Å². The van der Waals surface area contributed by atoms with Crippen LogP contribution in [0.15, 0.2) is 42.9 Å². The molecular weight excluding hydrogens is 312 g/mol. The van der Waals surface area contributed by atoms with Gasteiger partial charge in [-0.1, -0.05) is 12.1 Å². The van der Waals surface area contributed by atoms with Crippen molar-refractivity contribution in [2.45, 2.75) is 12.5 Å². The summed E-state index contributed by atoms with van der Waals surface area (Å²) in [6, 6.07) is 6.06. The average molecular weight is 330 g/mol. The van der Waals surface area contributed by atoms with Gasteiger partial charge in [0.1, 0.15) is 24.1 Å². The van der Waals surface area contributed by atoms with E-state index in [-0.39, 0.29) is 18.0 Å². The maximum Gasteiger partial charge on any atom is 0.320 e. The fourth-order valence-electron chi connectivity index (χ4n) is 1.90. The minimum absolute atomic E-state index is 0.247. The van der Waals surface area contributed by atoms with E-state index in [9.17, 15) is 9.59 Å². The molecule has 0 unspecified atom stereocenters. The van der Waals surface area contributed by atoms with Crippen molar-refractivity contribution in [2.75, 3.05) is 13.2 Å². The molecule has 8 nitrogen and oxygen atoms in total. The van der Waals surface area contributed by atoms with Crippen LogP contribution in [-0.4, -0.2) is 46.1 Å². The van der Waals surface area contributed by atoms with Gasteiger partial charge in [0.05, 0.1) is 12.7 Å². The number of carboxylic acid groups (broad SMARTS) is 1. The van der Waals surface area contributed by atoms with Gasteiger partial charge in [-0.05, 0) is 24.1 Å². The second-order valence-electron chi connectivity index (χ2n) is 4.99. The summed E-state index contributed by atoms with van der Waals surface area (Å²) in [5, 5.41) is 11.4. The number of ether oxygens (including phenoxy) is 1. The first-order valence-electron chi connectivity index (χ1n) is 7.30. The molecule has 1 amide bonds. The van der Waals surface area contributed by atoms with Crippen LogP contribution in [0.2, 0.25) is 0 Å². The summed E-state index contributed by atoms with van der Waals surface area (Å²) in [6.45, 7) is 0.612. The van der Waals surface area contributed by atoms with Gasteiger partial charge in [0.15, 0.2) is 0 Å². The first-order valence-corrected chi connectivity index (χ1v) is 7.30. The molecule has 0 spiro atoms. The first kappa shape index (κ1) is 17.4. The number of amides is 1. The molecule has 0 bridgehead atoms. The van der Waals surface area contributed by atoms with Crippen molar-refractivity contribution in [1.29, 1.82) is 0 Å². The van der Waals surface area contributed by atoms with Gasteiger partial charge in [-0.25, -0.2) is 4.98 Å². The van der Waals surface area contributed by atoms with Crippen LogP contribution in [0.3, 0.4) is 0 Å². The molecule has 126 valence electrons. The van der Waals surface area contributed by atoms with E-state index in [0.717, 1.165) is 5.56 Å². The number of carbonyl (C=O) groups excluding carboxylic acids is 1. The van der Waals surface area contributed by atoms with E-state index in [4.69, 9.17) is 15.6 Å². The van der Waals surface area contributed by atoms with Crippen molar-refractivity contribution in [1.82, 2.24) is 15.3 Å². The third kappa shape index (κ3) is 5.33. The topological polar surface area (TPSA) is 127 Å². The Balaban J connectivity index is 1.73. The molecule has 2 aromatic rings. The number of aromatic nitrogens is 2. The number of nitrogens with zero attached hydrogens (tertiary/aromatic N) is 2. The number of nitrogens with two attached hydrogens (primary N) is 1. The molecule has 0 aliphatic heterocycles. The number of carboxylic acids is 1. The van der Waals surface area contributed by atoms with E-state index < -0.39 is 12.0 Å². The molecule has 0 saturated carbocycles. The fraction of sp³-hybridized carbons (Fsp3) is 0.250. The summed E-state index contributed by atoms with van der Waals surface area (Å²) >= 11 is 0. The monoisotopic (exact) mass is 330 g/mol. The molecule has 1 atom stereocenters. The summed E-state index contributed by atoms with van der Waals surface area (Å²) in [5.74, 6) is -0.727. The molecular formula is C16H18N4O4. The molecule has 0 aliphatic carbocycles. The molecule has 8 heteroatoms. The van der Waals surface area contributed by atoms with Gasteiger partial charge in [-0.2, -0.15) is 0 Å². The van der Waals surface area contributed by atoms with Crippen molar-refractivity contribution >= 4 is 11.9 Å². The van der Waals surface area contributed by atoms with Crippen LogP contribution in [0.4, 0.5) is 0 Å². The smallest absolute Gasteiger partial charge is 0.320 e. The lowest BCUT2D eigenvalue weighted by molar-refractivity contribution is -0.138. The maximum absolute atomic E-state index is 11.7. The number of hydrogen-bond acceptors (Lipinski definition) is 6. The van der Waals surface area contributed by atoms with Gasteiger partial charge in [0.25, 0.3) is 5.91 Å². The molecule has 0 fully saturated rings. The number of carbonyl (C=O) groups is 2. The van der Waals surface area contributed by atoms with E-state index in [1.807, 2.05) is 0 Å². The van der Waals surface area contributed by atoms with Crippen molar-refractivity contribution in [3.8, 4) is 5.75 Å². The molecule has 2 rings (SSSR count). The summed E-state index contributed by atoms with van der Waals surface area (Å²) in [7, 11) is 0. The van der Waals surface area contributed by atoms with Crippen LogP contribution in [0.25, 0.3) is 0 Å². The maximum atomic E-state index is 11.7. The van der Waals surface area contributed by atoms with E-state index in [1.165, 1.54) is 18.6 Å². The van der Waals surface area contributed by atoms with Gasteiger partial charge < -0.3 is 20.9 Å². The Morgan fingerprint density at radius 3 is 2.62 bits per heavy atom. The summed E-state index contributed by atoms with van der Waals surface area (Å²) in [5.41, 5.74) is 6.54. The third-order valence-electron chi connectivity index (χ3n) is 3.15. The fourth-order valence-corrected chi connectivity index (χ4v) is 1.90. The number of aliphatic carboxylic acids is 1. The van der Waals surface area contributed by atoms with Crippen LogP contribution in [0.5, 0.6) is 5.75 Å². The van der Waals surface area contributed by atoms with E-state index in [2.05, 4.69) is 15.3 Å². The molecule has 0 radical (unpaired) electrons. The lowest BCUT2D eigenvalue weighted by Gasteiger charge is -2.09. The standard InChI is InChI=1S/C16H18N4O4/c17-13(16(22)23)9-11-1-3-12(4-2-11)24-8-7-20-15(21)14-10-18-5-6-19-14/h1-6,10,13H,7-9,17H2,(H,20,21)(H,22,23)/t13-/m0/s1. The first-order chi connectivity index (χ1) is 11.6. The molecule has 1 aromatic heterocycles. The Bertz CT molecular complexity index is 676. The molecule has 1 aromatic carbocycles. The minimum atomic E-state index is -1.03. The SMILES string of the molecule is N[C@@H](Cc1ccc(OCCNC(=O)c2cnccn2)cc1)C(=O)O. The van der Waals surface area contributed by atoms with Gasteiger partial charge >= 0.3 is 5.97 Å². The predicted octanol–water partition coefficient (Wildman–Crippen LogP) is 0.240. The van der Waals surface area contributed by atoms with Crippen molar-refractivity contribution < 1.29 is 19.4 Å². The largest absolute Gasteiger partial charge is 0.492 e. The van der Waals surface area contributed by atoms with Crippen LogP contribution < -0.4 is 15.8 Å². The van der Waals surface area contributed by atoms with E-state index in [0.29, 0.717) is 18.9 Å². The molecule has 4 N–H and O–H groups in total. The highest BCUT2D eigenvalue weighted by atomic mass is 16.5. The van der Waals surface area contributed by atoms with Crippen molar-refractivity contribution in [3.63, 3.8) is 0 Å². The predicted molar refractivity (Wildman–Crippen MR) is 85.6 cm³/mol. The molecule has 0 saturated heterocycles. The number of rotatable bonds is 8. The Labute approximate surface area is 138 Å². The highest BCUT2D eigenvalue weighted by Gasteiger charge is 2.11. The zero-order valence-corrected chi connectivity index (χ0v) is 12.9. The van der Waals surface area contributed by atoms with Gasteiger partial charge in [-0.15, -0.1) is 0 Å². The lowest BCUT2D eigenvalue weighted by atomic mass is 10.1. The Morgan fingerprint density at radius 1 is 1.25 bits per heavy atom.